The van der Waals surface area contributed by atoms with Gasteiger partial charge < -0.3 is 10.5 Å². The van der Waals surface area contributed by atoms with E-state index in [9.17, 15) is 0 Å². The molecule has 0 heterocycles. The molecule has 0 aliphatic carbocycles. The van der Waals surface area contributed by atoms with E-state index in [0.29, 0.717) is 0 Å². The summed E-state index contributed by atoms with van der Waals surface area (Å²) in [6.07, 6.45) is 1.81. The predicted octanol–water partition coefficient (Wildman–Crippen LogP) is 1.74. The minimum Gasteiger partial charge on any atom is -0.411 e. The Bertz CT molecular complexity index is 152. The third-order valence-corrected chi connectivity index (χ3v) is 1.31. The highest BCUT2D eigenvalue weighted by Crippen LogP contribution is 1.91. The van der Waals surface area contributed by atoms with Gasteiger partial charge in [-0.3, -0.25) is 0 Å². The van der Waals surface area contributed by atoms with Gasteiger partial charge in [-0.2, -0.15) is 0 Å². The second-order valence-corrected chi connectivity index (χ2v) is 2.65. The topological polar surface area (TPSA) is 44.6 Å². The molecule has 3 nitrogen and oxygen atoms in total. The molecule has 0 fully saturated rings. The molecule has 0 atom stereocenters. The van der Waals surface area contributed by atoms with Gasteiger partial charge in [-0.05, 0) is 26.7 Å². The minimum absolute atomic E-state index is 0.772. The smallest absolute Gasteiger partial charge is 0.0540 e. The molecule has 0 aliphatic rings. The first-order valence-electron chi connectivity index (χ1n) is 3.73. The van der Waals surface area contributed by atoms with Crippen molar-refractivity contribution >= 4 is 5.71 Å². The molecule has 0 aromatic rings. The lowest BCUT2D eigenvalue weighted by Gasteiger charge is -2.03. The number of nitrogens with zero attached hydrogens (tertiary/aromatic N) is 1. The van der Waals surface area contributed by atoms with Crippen LogP contribution < -0.4 is 5.32 Å². The van der Waals surface area contributed by atoms with Crippen LogP contribution in [0.15, 0.2) is 17.4 Å². The maximum absolute atomic E-state index is 8.29. The standard InChI is InChI=1S/C8H16N2O/c1-7(2)9-6-4-5-8(3)10-11/h9,11H,1,4-6H2,2-3H3/b10-8-. The van der Waals surface area contributed by atoms with Crippen LogP contribution >= 0.6 is 0 Å². The maximum atomic E-state index is 8.29. The van der Waals surface area contributed by atoms with Crippen LogP contribution in [0.1, 0.15) is 26.7 Å². The predicted molar refractivity (Wildman–Crippen MR) is 46.9 cm³/mol. The molecule has 0 radical (unpaired) electrons. The Hall–Kier alpha value is -0.990. The first-order chi connectivity index (χ1) is 5.16. The summed E-state index contributed by atoms with van der Waals surface area (Å²) in [5.41, 5.74) is 1.75. The van der Waals surface area contributed by atoms with E-state index in [4.69, 9.17) is 5.21 Å². The molecular weight excluding hydrogens is 140 g/mol. The van der Waals surface area contributed by atoms with Gasteiger partial charge in [-0.25, -0.2) is 0 Å². The van der Waals surface area contributed by atoms with Crippen LogP contribution in [-0.4, -0.2) is 17.5 Å². The van der Waals surface area contributed by atoms with Gasteiger partial charge >= 0.3 is 0 Å². The van der Waals surface area contributed by atoms with E-state index in [1.807, 2.05) is 6.92 Å². The fourth-order valence-electron chi connectivity index (χ4n) is 0.696. The van der Waals surface area contributed by atoms with Gasteiger partial charge in [0.25, 0.3) is 0 Å². The van der Waals surface area contributed by atoms with Crippen molar-refractivity contribution in [1.82, 2.24) is 5.32 Å². The second-order valence-electron chi connectivity index (χ2n) is 2.65. The lowest BCUT2D eigenvalue weighted by atomic mass is 10.2. The van der Waals surface area contributed by atoms with Crippen LogP contribution in [-0.2, 0) is 0 Å². The number of allylic oxidation sites excluding steroid dienone is 1. The first kappa shape index (κ1) is 10.0. The van der Waals surface area contributed by atoms with Crippen LogP contribution in [0.25, 0.3) is 0 Å². The van der Waals surface area contributed by atoms with Crippen LogP contribution in [0.5, 0.6) is 0 Å². The molecule has 0 saturated heterocycles. The van der Waals surface area contributed by atoms with E-state index >= 15 is 0 Å². The van der Waals surface area contributed by atoms with Crippen molar-refractivity contribution in [2.45, 2.75) is 26.7 Å². The van der Waals surface area contributed by atoms with E-state index in [1.54, 1.807) is 6.92 Å². The first-order valence-corrected chi connectivity index (χ1v) is 3.73. The highest BCUT2D eigenvalue weighted by atomic mass is 16.4. The highest BCUT2D eigenvalue weighted by Gasteiger charge is 1.91. The highest BCUT2D eigenvalue weighted by molar-refractivity contribution is 5.81. The summed E-state index contributed by atoms with van der Waals surface area (Å²) in [7, 11) is 0. The molecule has 11 heavy (non-hydrogen) atoms. The molecule has 0 aromatic carbocycles. The Morgan fingerprint density at radius 1 is 1.55 bits per heavy atom. The molecule has 0 bridgehead atoms. The lowest BCUT2D eigenvalue weighted by Crippen LogP contribution is -2.12. The average molecular weight is 156 g/mol. The van der Waals surface area contributed by atoms with E-state index in [1.165, 1.54) is 0 Å². The molecule has 0 rings (SSSR count). The molecule has 0 saturated carbocycles. The van der Waals surface area contributed by atoms with E-state index in [-0.39, 0.29) is 0 Å². The molecule has 0 aromatic heterocycles. The number of nitrogens with one attached hydrogen (secondary N) is 1. The fourth-order valence-corrected chi connectivity index (χ4v) is 0.696. The summed E-state index contributed by atoms with van der Waals surface area (Å²) in [5, 5.41) is 14.5. The van der Waals surface area contributed by atoms with Gasteiger partial charge in [0, 0.05) is 12.2 Å². The van der Waals surface area contributed by atoms with Gasteiger partial charge in [-0.15, -0.1) is 0 Å². The Kier molecular flexibility index (Phi) is 5.25. The average Bonchev–Trinajstić information content (AvgIpc) is 1.97. The maximum Gasteiger partial charge on any atom is 0.0540 e. The number of hydrogen-bond acceptors (Lipinski definition) is 3. The fraction of sp³-hybridized carbons (Fsp3) is 0.625. The normalized spacial score (nSPS) is 11.3. The van der Waals surface area contributed by atoms with Crippen molar-refractivity contribution in [1.29, 1.82) is 0 Å². The summed E-state index contributed by atoms with van der Waals surface area (Å²) < 4.78 is 0. The summed E-state index contributed by atoms with van der Waals surface area (Å²) in [5.74, 6) is 0. The van der Waals surface area contributed by atoms with Crippen LogP contribution in [0.2, 0.25) is 0 Å². The van der Waals surface area contributed by atoms with Crippen molar-refractivity contribution in [3.8, 4) is 0 Å². The Balaban J connectivity index is 3.21. The van der Waals surface area contributed by atoms with Crippen molar-refractivity contribution in [3.05, 3.63) is 12.3 Å². The monoisotopic (exact) mass is 156 g/mol. The molecule has 0 spiro atoms. The Morgan fingerprint density at radius 3 is 2.64 bits per heavy atom. The number of rotatable bonds is 5. The minimum atomic E-state index is 0.772. The Labute approximate surface area is 67.8 Å². The third kappa shape index (κ3) is 6.90. The molecule has 0 amide bonds. The van der Waals surface area contributed by atoms with Gasteiger partial charge in [0.2, 0.25) is 0 Å². The zero-order valence-electron chi connectivity index (χ0n) is 7.22. The number of hydrogen-bond donors (Lipinski definition) is 2. The SMILES string of the molecule is C=C(C)NCCC/C(C)=N\O. The zero-order chi connectivity index (χ0) is 8.69. The number of oxime groups is 1. The van der Waals surface area contributed by atoms with Crippen molar-refractivity contribution < 1.29 is 5.21 Å². The van der Waals surface area contributed by atoms with Gasteiger partial charge in [-0.1, -0.05) is 11.7 Å². The zero-order valence-corrected chi connectivity index (χ0v) is 7.22. The molecular formula is C8H16N2O. The van der Waals surface area contributed by atoms with Gasteiger partial charge in [0.1, 0.15) is 0 Å². The molecule has 3 heteroatoms. The molecule has 64 valence electrons. The quantitative estimate of drug-likeness (QED) is 0.275. The largest absolute Gasteiger partial charge is 0.411 e. The summed E-state index contributed by atoms with van der Waals surface area (Å²) >= 11 is 0. The van der Waals surface area contributed by atoms with Crippen molar-refractivity contribution in [3.63, 3.8) is 0 Å². The third-order valence-electron chi connectivity index (χ3n) is 1.31. The molecule has 0 aliphatic heterocycles. The summed E-state index contributed by atoms with van der Waals surface area (Å²) in [6.45, 7) is 8.32. The van der Waals surface area contributed by atoms with Crippen molar-refractivity contribution in [2.24, 2.45) is 5.16 Å². The van der Waals surface area contributed by atoms with Gasteiger partial charge in [0.15, 0.2) is 0 Å². The van der Waals surface area contributed by atoms with Crippen LogP contribution in [0, 0.1) is 0 Å². The van der Waals surface area contributed by atoms with Gasteiger partial charge in [0.05, 0.1) is 5.71 Å². The second kappa shape index (κ2) is 5.77. The summed E-state index contributed by atoms with van der Waals surface area (Å²) in [6, 6.07) is 0. The Morgan fingerprint density at radius 2 is 2.18 bits per heavy atom. The molecule has 0 unspecified atom stereocenters. The van der Waals surface area contributed by atoms with Crippen molar-refractivity contribution in [2.75, 3.05) is 6.54 Å². The van der Waals surface area contributed by atoms with Crippen LogP contribution in [0.3, 0.4) is 0 Å². The molecule has 2 N–H and O–H groups in total. The lowest BCUT2D eigenvalue weighted by molar-refractivity contribution is 0.317. The van der Waals surface area contributed by atoms with E-state index in [0.717, 1.165) is 30.8 Å². The summed E-state index contributed by atoms with van der Waals surface area (Å²) in [4.78, 5) is 0. The van der Waals surface area contributed by atoms with Crippen LogP contribution in [0.4, 0.5) is 0 Å². The van der Waals surface area contributed by atoms with E-state index in [2.05, 4.69) is 17.1 Å². The van der Waals surface area contributed by atoms with E-state index < -0.39 is 0 Å².